The van der Waals surface area contributed by atoms with Crippen molar-refractivity contribution in [3.05, 3.63) is 0 Å². The summed E-state index contributed by atoms with van der Waals surface area (Å²) < 4.78 is 18.4. The van der Waals surface area contributed by atoms with Gasteiger partial charge < -0.3 is 14.2 Å². The molecule has 3 aliphatic heterocycles. The lowest BCUT2D eigenvalue weighted by molar-refractivity contribution is -0.260. The lowest BCUT2D eigenvalue weighted by Crippen LogP contribution is -2.70. The first kappa shape index (κ1) is 17.5. The number of ether oxygens (including phenoxy) is 3. The summed E-state index contributed by atoms with van der Waals surface area (Å²) in [5.74, 6) is 1.96. The van der Waals surface area contributed by atoms with E-state index in [1.165, 1.54) is 12.8 Å². The van der Waals surface area contributed by atoms with Gasteiger partial charge in [0.1, 0.15) is 17.3 Å². The molecule has 0 aromatic rings. The summed E-state index contributed by atoms with van der Waals surface area (Å²) >= 11 is 0. The van der Waals surface area contributed by atoms with Crippen LogP contribution in [0.5, 0.6) is 0 Å². The van der Waals surface area contributed by atoms with Gasteiger partial charge in [0.15, 0.2) is 0 Å². The molecule has 6 aliphatic rings. The van der Waals surface area contributed by atoms with Gasteiger partial charge in [-0.2, -0.15) is 0 Å². The lowest BCUT2D eigenvalue weighted by Gasteiger charge is -2.66. The Hall–Kier alpha value is -0.610. The zero-order valence-corrected chi connectivity index (χ0v) is 17.0. The molecule has 8 atom stereocenters. The monoisotopic (exact) mass is 362 g/mol. The molecule has 1 spiro atoms. The largest absolute Gasteiger partial charge is 0.469 e. The molecular formula is C22H34O4. The van der Waals surface area contributed by atoms with E-state index < -0.39 is 0 Å². The van der Waals surface area contributed by atoms with E-state index in [2.05, 4.69) is 27.7 Å². The van der Waals surface area contributed by atoms with Crippen LogP contribution in [0.3, 0.4) is 0 Å². The normalized spacial score (nSPS) is 57.2. The van der Waals surface area contributed by atoms with Gasteiger partial charge in [-0.25, -0.2) is 0 Å². The van der Waals surface area contributed by atoms with Crippen LogP contribution < -0.4 is 0 Å². The van der Waals surface area contributed by atoms with Crippen molar-refractivity contribution in [2.75, 3.05) is 13.7 Å². The number of esters is 1. The standard InChI is InChI=1S/C22H34O4/c1-13(2)22-14-11-16-19(3)8-6-9-20(4,18(23)24-5)15(19)7-10-21(16,25-12-14)17(22)26-22/h13-17H,6-12H2,1-5H3/t14-,15-,16-,17+,19-,20-,21-,22+/m1/s1. The van der Waals surface area contributed by atoms with Gasteiger partial charge in [0, 0.05) is 5.92 Å². The smallest absolute Gasteiger partial charge is 0.311 e. The molecule has 0 N–H and O–H groups in total. The minimum atomic E-state index is -0.348. The van der Waals surface area contributed by atoms with Crippen LogP contribution in [0.15, 0.2) is 0 Å². The highest BCUT2D eigenvalue weighted by atomic mass is 16.7. The fraction of sp³-hybridized carbons (Fsp3) is 0.955. The summed E-state index contributed by atoms with van der Waals surface area (Å²) in [6.07, 6.45) is 6.84. The molecule has 0 unspecified atom stereocenters. The quantitative estimate of drug-likeness (QED) is 0.551. The van der Waals surface area contributed by atoms with Crippen LogP contribution in [-0.4, -0.2) is 37.0 Å². The Morgan fingerprint density at radius 2 is 1.92 bits per heavy atom. The molecule has 3 heterocycles. The molecule has 4 heteroatoms. The number of hydrogen-bond donors (Lipinski definition) is 0. The molecule has 0 radical (unpaired) electrons. The number of carbonyl (C=O) groups is 1. The Balaban J connectivity index is 1.54. The van der Waals surface area contributed by atoms with Crippen molar-refractivity contribution >= 4 is 5.97 Å². The molecule has 2 bridgehead atoms. The van der Waals surface area contributed by atoms with Crippen LogP contribution in [0.2, 0.25) is 0 Å². The molecule has 6 rings (SSSR count). The van der Waals surface area contributed by atoms with Gasteiger partial charge >= 0.3 is 5.97 Å². The Bertz CT molecular complexity index is 646. The molecule has 0 aromatic heterocycles. The van der Waals surface area contributed by atoms with E-state index in [0.29, 0.717) is 23.7 Å². The summed E-state index contributed by atoms with van der Waals surface area (Å²) in [6, 6.07) is 0. The number of hydrogen-bond acceptors (Lipinski definition) is 4. The lowest BCUT2D eigenvalue weighted by atomic mass is 9.41. The van der Waals surface area contributed by atoms with Crippen molar-refractivity contribution in [2.24, 2.45) is 34.5 Å². The number of methoxy groups -OCH3 is 1. The number of fused-ring (bicyclic) bond motifs is 2. The Labute approximate surface area is 157 Å². The van der Waals surface area contributed by atoms with Crippen LogP contribution in [0.25, 0.3) is 0 Å². The first-order valence-electron chi connectivity index (χ1n) is 10.7. The first-order valence-corrected chi connectivity index (χ1v) is 10.7. The maximum atomic E-state index is 12.7. The summed E-state index contributed by atoms with van der Waals surface area (Å²) in [5, 5.41) is 0. The fourth-order valence-corrected chi connectivity index (χ4v) is 8.38. The molecule has 6 fully saturated rings. The molecule has 146 valence electrons. The molecule has 26 heavy (non-hydrogen) atoms. The Kier molecular flexibility index (Phi) is 3.40. The van der Waals surface area contributed by atoms with Gasteiger partial charge in [-0.3, -0.25) is 4.79 Å². The number of epoxide rings is 1. The first-order chi connectivity index (χ1) is 12.3. The third-order valence-electron chi connectivity index (χ3n) is 9.57. The molecule has 3 aliphatic carbocycles. The average Bonchev–Trinajstić information content (AvgIpc) is 3.40. The summed E-state index contributed by atoms with van der Waals surface area (Å²) in [5.41, 5.74) is -0.246. The molecule has 0 aromatic carbocycles. The van der Waals surface area contributed by atoms with Crippen LogP contribution in [0.1, 0.15) is 66.2 Å². The second-order valence-corrected chi connectivity index (χ2v) is 10.6. The van der Waals surface area contributed by atoms with Crippen LogP contribution in [0.4, 0.5) is 0 Å². The fourth-order valence-electron chi connectivity index (χ4n) is 8.38. The summed E-state index contributed by atoms with van der Waals surface area (Å²) in [7, 11) is 1.55. The van der Waals surface area contributed by atoms with Crippen molar-refractivity contribution in [3.63, 3.8) is 0 Å². The van der Waals surface area contributed by atoms with Crippen molar-refractivity contribution < 1.29 is 19.0 Å². The third-order valence-corrected chi connectivity index (χ3v) is 9.57. The van der Waals surface area contributed by atoms with E-state index in [-0.39, 0.29) is 34.1 Å². The number of carbonyl (C=O) groups excluding carboxylic acids is 1. The van der Waals surface area contributed by atoms with E-state index >= 15 is 0 Å². The van der Waals surface area contributed by atoms with E-state index in [1.807, 2.05) is 0 Å². The average molecular weight is 363 g/mol. The minimum Gasteiger partial charge on any atom is -0.469 e. The second kappa shape index (κ2) is 5.05. The predicted molar refractivity (Wildman–Crippen MR) is 97.5 cm³/mol. The van der Waals surface area contributed by atoms with Gasteiger partial charge in [0.25, 0.3) is 0 Å². The zero-order chi connectivity index (χ0) is 18.5. The van der Waals surface area contributed by atoms with Crippen molar-refractivity contribution in [3.8, 4) is 0 Å². The maximum absolute atomic E-state index is 12.7. The van der Waals surface area contributed by atoms with Crippen LogP contribution in [-0.2, 0) is 19.0 Å². The van der Waals surface area contributed by atoms with Gasteiger partial charge in [0.2, 0.25) is 0 Å². The van der Waals surface area contributed by atoms with Crippen molar-refractivity contribution in [1.29, 1.82) is 0 Å². The molecule has 3 saturated heterocycles. The van der Waals surface area contributed by atoms with Gasteiger partial charge in [-0.05, 0) is 62.2 Å². The van der Waals surface area contributed by atoms with Crippen molar-refractivity contribution in [2.45, 2.75) is 83.5 Å². The summed E-state index contributed by atoms with van der Waals surface area (Å²) in [4.78, 5) is 12.7. The molecule has 4 nitrogen and oxygen atoms in total. The number of rotatable bonds is 2. The highest BCUT2D eigenvalue weighted by Gasteiger charge is 2.81. The second-order valence-electron chi connectivity index (χ2n) is 10.6. The van der Waals surface area contributed by atoms with Crippen molar-refractivity contribution in [1.82, 2.24) is 0 Å². The Morgan fingerprint density at radius 1 is 1.15 bits per heavy atom. The molecule has 3 saturated carbocycles. The highest BCUT2D eigenvalue weighted by Crippen LogP contribution is 2.74. The van der Waals surface area contributed by atoms with E-state index in [9.17, 15) is 4.79 Å². The molecule has 0 amide bonds. The van der Waals surface area contributed by atoms with Gasteiger partial charge in [-0.1, -0.05) is 27.2 Å². The van der Waals surface area contributed by atoms with E-state index in [4.69, 9.17) is 14.2 Å². The summed E-state index contributed by atoms with van der Waals surface area (Å²) in [6.45, 7) is 10.1. The van der Waals surface area contributed by atoms with Gasteiger partial charge in [0.05, 0.1) is 19.1 Å². The predicted octanol–water partition coefficient (Wildman–Crippen LogP) is 3.96. The van der Waals surface area contributed by atoms with Crippen LogP contribution in [0, 0.1) is 34.5 Å². The highest BCUT2D eigenvalue weighted by molar-refractivity contribution is 5.77. The zero-order valence-electron chi connectivity index (χ0n) is 17.0. The van der Waals surface area contributed by atoms with Gasteiger partial charge in [-0.15, -0.1) is 0 Å². The maximum Gasteiger partial charge on any atom is 0.311 e. The minimum absolute atomic E-state index is 0.00883. The third kappa shape index (κ3) is 1.73. The van der Waals surface area contributed by atoms with E-state index in [0.717, 1.165) is 32.3 Å². The van der Waals surface area contributed by atoms with E-state index in [1.54, 1.807) is 7.11 Å². The van der Waals surface area contributed by atoms with Crippen LogP contribution >= 0.6 is 0 Å². The topological polar surface area (TPSA) is 48.1 Å². The SMILES string of the molecule is COC(=O)[C@]1(C)CCC[C@@]2(C)[C@H]3C[C@@H]4CO[C@@]3(CC[C@H]21)[C@@H]1O[C@@]41C(C)C. The Morgan fingerprint density at radius 3 is 2.62 bits per heavy atom. The molecular weight excluding hydrogens is 328 g/mol.